The Hall–Kier alpha value is -0.230. The van der Waals surface area contributed by atoms with E-state index in [1.165, 1.54) is 0 Å². The van der Waals surface area contributed by atoms with Gasteiger partial charge in [0.1, 0.15) is 0 Å². The minimum atomic E-state index is -3.77. The van der Waals surface area contributed by atoms with Crippen LogP contribution in [0.2, 0.25) is 0 Å². The minimum absolute atomic E-state index is 0.498. The lowest BCUT2D eigenvalue weighted by atomic mass is 9.98. The van der Waals surface area contributed by atoms with Crippen LogP contribution < -0.4 is 5.14 Å². The maximum Gasteiger partial charge on any atom is 0.251 e. The summed E-state index contributed by atoms with van der Waals surface area (Å²) < 4.78 is 47.8. The van der Waals surface area contributed by atoms with Crippen LogP contribution in [0.5, 0.6) is 0 Å². The van der Waals surface area contributed by atoms with Gasteiger partial charge in [0.2, 0.25) is 10.0 Å². The van der Waals surface area contributed by atoms with E-state index in [-0.39, 0.29) is 0 Å². The van der Waals surface area contributed by atoms with E-state index < -0.39 is 34.0 Å². The molecule has 0 saturated heterocycles. The summed E-state index contributed by atoms with van der Waals surface area (Å²) in [6, 6.07) is 0. The molecule has 0 atom stereocenters. The molecule has 14 heavy (non-hydrogen) atoms. The maximum atomic E-state index is 13.3. The summed E-state index contributed by atoms with van der Waals surface area (Å²) in [7, 11) is -3.77. The van der Waals surface area contributed by atoms with Crippen LogP contribution >= 0.6 is 0 Å². The van der Waals surface area contributed by atoms with Gasteiger partial charge in [0, 0.05) is 12.3 Å². The number of nitrogens with two attached hydrogens (primary N) is 1. The second-order valence-corrected chi connectivity index (χ2v) is 5.59. The second-order valence-electron chi connectivity index (χ2n) is 3.86. The molecule has 1 saturated carbocycles. The van der Waals surface area contributed by atoms with Gasteiger partial charge in [0.15, 0.2) is 0 Å². The van der Waals surface area contributed by atoms with Crippen LogP contribution in [0.4, 0.5) is 8.78 Å². The SMILES string of the molecule is NS(=O)(=O)CCC(F)(F)C1CCCC1. The molecule has 6 heteroatoms. The molecule has 0 aromatic heterocycles. The van der Waals surface area contributed by atoms with Crippen molar-refractivity contribution in [3.63, 3.8) is 0 Å². The minimum Gasteiger partial charge on any atom is -0.229 e. The molecule has 1 aliphatic carbocycles. The monoisotopic (exact) mass is 227 g/mol. The van der Waals surface area contributed by atoms with Crippen molar-refractivity contribution in [2.24, 2.45) is 11.1 Å². The largest absolute Gasteiger partial charge is 0.251 e. The molecule has 0 spiro atoms. The quantitative estimate of drug-likeness (QED) is 0.791. The molecule has 0 heterocycles. The summed E-state index contributed by atoms with van der Waals surface area (Å²) in [4.78, 5) is 0. The van der Waals surface area contributed by atoms with E-state index in [2.05, 4.69) is 5.14 Å². The smallest absolute Gasteiger partial charge is 0.229 e. The highest BCUT2D eigenvalue weighted by Crippen LogP contribution is 2.39. The molecule has 0 aliphatic heterocycles. The number of sulfonamides is 1. The van der Waals surface area contributed by atoms with Crippen molar-refractivity contribution in [1.82, 2.24) is 0 Å². The van der Waals surface area contributed by atoms with Crippen molar-refractivity contribution in [3.05, 3.63) is 0 Å². The average molecular weight is 227 g/mol. The molecule has 0 bridgehead atoms. The van der Waals surface area contributed by atoms with Gasteiger partial charge in [-0.05, 0) is 12.8 Å². The zero-order chi connectivity index (χ0) is 10.8. The number of hydrogen-bond donors (Lipinski definition) is 1. The molecular weight excluding hydrogens is 212 g/mol. The molecule has 0 amide bonds. The molecule has 0 aromatic rings. The van der Waals surface area contributed by atoms with Gasteiger partial charge in [-0.3, -0.25) is 0 Å². The number of halogens is 2. The lowest BCUT2D eigenvalue weighted by Crippen LogP contribution is -2.30. The second kappa shape index (κ2) is 4.10. The first-order valence-corrected chi connectivity index (χ1v) is 6.41. The Kier molecular flexibility index (Phi) is 3.47. The van der Waals surface area contributed by atoms with Crippen LogP contribution in [0.1, 0.15) is 32.1 Å². The first kappa shape index (κ1) is 11.8. The standard InChI is InChI=1S/C8H15F2NO2S/c9-8(10,5-6-14(11,12)13)7-3-1-2-4-7/h7H,1-6H2,(H2,11,12,13). The van der Waals surface area contributed by atoms with Crippen LogP contribution in [0.15, 0.2) is 0 Å². The van der Waals surface area contributed by atoms with Gasteiger partial charge in [-0.2, -0.15) is 0 Å². The van der Waals surface area contributed by atoms with E-state index >= 15 is 0 Å². The van der Waals surface area contributed by atoms with Gasteiger partial charge in [0.25, 0.3) is 5.92 Å². The number of primary sulfonamides is 1. The van der Waals surface area contributed by atoms with E-state index in [1.54, 1.807) is 0 Å². The van der Waals surface area contributed by atoms with Crippen molar-refractivity contribution in [3.8, 4) is 0 Å². The van der Waals surface area contributed by atoms with Crippen molar-refractivity contribution >= 4 is 10.0 Å². The van der Waals surface area contributed by atoms with E-state index in [0.717, 1.165) is 12.8 Å². The maximum absolute atomic E-state index is 13.3. The van der Waals surface area contributed by atoms with Crippen LogP contribution in [0.25, 0.3) is 0 Å². The molecule has 1 rings (SSSR count). The van der Waals surface area contributed by atoms with Gasteiger partial charge >= 0.3 is 0 Å². The molecule has 0 radical (unpaired) electrons. The van der Waals surface area contributed by atoms with Crippen LogP contribution in [0, 0.1) is 5.92 Å². The average Bonchev–Trinajstić information content (AvgIpc) is 2.52. The van der Waals surface area contributed by atoms with Crippen molar-refractivity contribution < 1.29 is 17.2 Å². The number of rotatable bonds is 4. The van der Waals surface area contributed by atoms with Crippen LogP contribution in [-0.2, 0) is 10.0 Å². The first-order chi connectivity index (χ1) is 6.31. The fraction of sp³-hybridized carbons (Fsp3) is 1.00. The predicted molar refractivity (Wildman–Crippen MR) is 49.5 cm³/mol. The van der Waals surface area contributed by atoms with Gasteiger partial charge in [-0.15, -0.1) is 0 Å². The normalized spacial score (nSPS) is 20.2. The fourth-order valence-corrected chi connectivity index (χ4v) is 2.39. The van der Waals surface area contributed by atoms with Gasteiger partial charge in [0.05, 0.1) is 5.75 Å². The zero-order valence-electron chi connectivity index (χ0n) is 7.88. The molecular formula is C8H15F2NO2S. The van der Waals surface area contributed by atoms with E-state index in [0.29, 0.717) is 12.8 Å². The third-order valence-electron chi connectivity index (χ3n) is 2.67. The highest BCUT2D eigenvalue weighted by atomic mass is 32.2. The van der Waals surface area contributed by atoms with Crippen molar-refractivity contribution in [2.75, 3.05) is 5.75 Å². The Balaban J connectivity index is 2.48. The van der Waals surface area contributed by atoms with E-state index in [9.17, 15) is 17.2 Å². The Morgan fingerprint density at radius 2 is 1.79 bits per heavy atom. The van der Waals surface area contributed by atoms with E-state index in [1.807, 2.05) is 0 Å². The Bertz CT molecular complexity index is 284. The third-order valence-corrected chi connectivity index (χ3v) is 3.45. The highest BCUT2D eigenvalue weighted by Gasteiger charge is 2.40. The zero-order valence-corrected chi connectivity index (χ0v) is 8.69. The summed E-state index contributed by atoms with van der Waals surface area (Å²) in [6.45, 7) is 0. The lowest BCUT2D eigenvalue weighted by molar-refractivity contribution is -0.0579. The predicted octanol–water partition coefficient (Wildman–Crippen LogP) is 1.49. The molecule has 84 valence electrons. The van der Waals surface area contributed by atoms with Crippen molar-refractivity contribution in [2.45, 2.75) is 38.0 Å². The lowest BCUT2D eigenvalue weighted by Gasteiger charge is -2.22. The summed E-state index contributed by atoms with van der Waals surface area (Å²) in [6.07, 6.45) is 1.98. The van der Waals surface area contributed by atoms with Crippen molar-refractivity contribution in [1.29, 1.82) is 0 Å². The Labute approximate surface area is 82.7 Å². The summed E-state index contributed by atoms with van der Waals surface area (Å²) >= 11 is 0. The number of alkyl halides is 2. The molecule has 3 nitrogen and oxygen atoms in total. The van der Waals surface area contributed by atoms with Gasteiger partial charge in [-0.25, -0.2) is 22.3 Å². The Morgan fingerprint density at radius 1 is 1.29 bits per heavy atom. The number of hydrogen-bond acceptors (Lipinski definition) is 2. The Morgan fingerprint density at radius 3 is 2.21 bits per heavy atom. The molecule has 1 fully saturated rings. The molecule has 0 unspecified atom stereocenters. The third kappa shape index (κ3) is 3.49. The van der Waals surface area contributed by atoms with Gasteiger partial charge in [-0.1, -0.05) is 12.8 Å². The van der Waals surface area contributed by atoms with E-state index in [4.69, 9.17) is 0 Å². The van der Waals surface area contributed by atoms with Gasteiger partial charge < -0.3 is 0 Å². The molecule has 1 aliphatic rings. The van der Waals surface area contributed by atoms with Crippen LogP contribution in [-0.4, -0.2) is 20.1 Å². The topological polar surface area (TPSA) is 60.2 Å². The first-order valence-electron chi connectivity index (χ1n) is 4.69. The molecule has 2 N–H and O–H groups in total. The highest BCUT2D eigenvalue weighted by molar-refractivity contribution is 7.89. The fourth-order valence-electron chi connectivity index (χ4n) is 1.83. The molecule has 0 aromatic carbocycles. The van der Waals surface area contributed by atoms with Crippen LogP contribution in [0.3, 0.4) is 0 Å². The summed E-state index contributed by atoms with van der Waals surface area (Å²) in [5.41, 5.74) is 0. The summed E-state index contributed by atoms with van der Waals surface area (Å²) in [5, 5.41) is 4.68. The summed E-state index contributed by atoms with van der Waals surface area (Å²) in [5.74, 6) is -4.15.